The van der Waals surface area contributed by atoms with Gasteiger partial charge < -0.3 is 10.4 Å². The molecule has 0 aliphatic carbocycles. The van der Waals surface area contributed by atoms with E-state index in [4.69, 9.17) is 4.98 Å². The van der Waals surface area contributed by atoms with Gasteiger partial charge in [0.1, 0.15) is 5.52 Å². The molecular formula is C20H26N6O. The fourth-order valence-electron chi connectivity index (χ4n) is 3.77. The number of imidazole rings is 1. The lowest BCUT2D eigenvalue weighted by Gasteiger charge is -2.35. The van der Waals surface area contributed by atoms with E-state index in [2.05, 4.69) is 24.8 Å². The SMILES string of the molecule is Cc1cccc(Cn2c(NC3CCCCN3CCO)nc3cccnc32)n1. The third-order valence-electron chi connectivity index (χ3n) is 5.07. The lowest BCUT2D eigenvalue weighted by molar-refractivity contribution is 0.130. The maximum absolute atomic E-state index is 9.38. The average molecular weight is 366 g/mol. The van der Waals surface area contributed by atoms with Crippen LogP contribution in [0.2, 0.25) is 0 Å². The number of pyridine rings is 2. The van der Waals surface area contributed by atoms with Crippen molar-refractivity contribution in [3.8, 4) is 0 Å². The molecule has 0 aromatic carbocycles. The Morgan fingerprint density at radius 1 is 1.19 bits per heavy atom. The number of rotatable bonds is 6. The van der Waals surface area contributed by atoms with Gasteiger partial charge in [0.25, 0.3) is 0 Å². The van der Waals surface area contributed by atoms with Gasteiger partial charge >= 0.3 is 0 Å². The number of likely N-dealkylation sites (tertiary alicyclic amines) is 1. The van der Waals surface area contributed by atoms with Gasteiger partial charge in [-0.25, -0.2) is 9.97 Å². The quantitative estimate of drug-likeness (QED) is 0.697. The summed E-state index contributed by atoms with van der Waals surface area (Å²) in [5.41, 5.74) is 3.71. The minimum atomic E-state index is 0.170. The van der Waals surface area contributed by atoms with Crippen molar-refractivity contribution in [3.05, 3.63) is 47.9 Å². The normalized spacial score (nSPS) is 18.1. The van der Waals surface area contributed by atoms with Crippen molar-refractivity contribution in [2.24, 2.45) is 0 Å². The van der Waals surface area contributed by atoms with E-state index < -0.39 is 0 Å². The molecule has 0 radical (unpaired) electrons. The van der Waals surface area contributed by atoms with Gasteiger partial charge in [-0.1, -0.05) is 6.07 Å². The zero-order valence-corrected chi connectivity index (χ0v) is 15.7. The number of aryl methyl sites for hydroxylation is 1. The van der Waals surface area contributed by atoms with Crippen LogP contribution in [0.15, 0.2) is 36.5 Å². The molecule has 1 unspecified atom stereocenters. The number of β-amino-alcohol motifs (C(OH)–C–C–N with tert-alkyl or cyclic N) is 1. The number of aliphatic hydroxyl groups excluding tert-OH is 1. The lowest BCUT2D eigenvalue weighted by atomic mass is 10.1. The van der Waals surface area contributed by atoms with E-state index in [9.17, 15) is 5.11 Å². The van der Waals surface area contributed by atoms with Crippen LogP contribution in [0.25, 0.3) is 11.2 Å². The highest BCUT2D eigenvalue weighted by Gasteiger charge is 2.24. The van der Waals surface area contributed by atoms with Gasteiger partial charge in [0, 0.05) is 25.0 Å². The van der Waals surface area contributed by atoms with E-state index in [0.29, 0.717) is 13.1 Å². The Morgan fingerprint density at radius 2 is 2.11 bits per heavy atom. The van der Waals surface area contributed by atoms with Crippen molar-refractivity contribution in [1.82, 2.24) is 24.4 Å². The highest BCUT2D eigenvalue weighted by molar-refractivity contribution is 5.74. The summed E-state index contributed by atoms with van der Waals surface area (Å²) in [6.45, 7) is 4.46. The molecule has 7 heteroatoms. The molecule has 4 rings (SSSR count). The largest absolute Gasteiger partial charge is 0.395 e. The lowest BCUT2D eigenvalue weighted by Crippen LogP contribution is -2.46. The maximum Gasteiger partial charge on any atom is 0.206 e. The van der Waals surface area contributed by atoms with Crippen molar-refractivity contribution in [1.29, 1.82) is 0 Å². The van der Waals surface area contributed by atoms with E-state index in [1.807, 2.05) is 37.3 Å². The molecule has 1 fully saturated rings. The Bertz CT molecular complexity index is 906. The molecule has 2 N–H and O–H groups in total. The molecule has 7 nitrogen and oxygen atoms in total. The predicted molar refractivity (Wildman–Crippen MR) is 106 cm³/mol. The molecule has 0 spiro atoms. The molecule has 0 amide bonds. The fourth-order valence-corrected chi connectivity index (χ4v) is 3.77. The van der Waals surface area contributed by atoms with E-state index in [1.165, 1.54) is 12.8 Å². The Kier molecular flexibility index (Phi) is 5.31. The highest BCUT2D eigenvalue weighted by Crippen LogP contribution is 2.23. The Hall–Kier alpha value is -2.51. The van der Waals surface area contributed by atoms with Gasteiger partial charge in [-0.2, -0.15) is 0 Å². The Labute approximate surface area is 159 Å². The number of aromatic nitrogens is 4. The molecule has 1 saturated heterocycles. The number of hydrogen-bond donors (Lipinski definition) is 2. The summed E-state index contributed by atoms with van der Waals surface area (Å²) in [6.07, 6.45) is 5.36. The smallest absolute Gasteiger partial charge is 0.206 e. The van der Waals surface area contributed by atoms with E-state index >= 15 is 0 Å². The molecule has 1 aliphatic rings. The minimum absolute atomic E-state index is 0.170. The summed E-state index contributed by atoms with van der Waals surface area (Å²) in [6, 6.07) is 9.96. The van der Waals surface area contributed by atoms with Gasteiger partial charge in [0.05, 0.1) is 25.0 Å². The van der Waals surface area contributed by atoms with Gasteiger partial charge in [0.15, 0.2) is 5.65 Å². The van der Waals surface area contributed by atoms with E-state index in [1.54, 1.807) is 6.20 Å². The van der Waals surface area contributed by atoms with Crippen molar-refractivity contribution in [2.45, 2.75) is 38.9 Å². The minimum Gasteiger partial charge on any atom is -0.395 e. The second kappa shape index (κ2) is 8.02. The molecule has 142 valence electrons. The van der Waals surface area contributed by atoms with Crippen LogP contribution in [0.3, 0.4) is 0 Å². The van der Waals surface area contributed by atoms with Crippen LogP contribution in [-0.4, -0.2) is 55.4 Å². The first-order valence-corrected chi connectivity index (χ1v) is 9.60. The third kappa shape index (κ3) is 3.94. The summed E-state index contributed by atoms with van der Waals surface area (Å²) >= 11 is 0. The summed E-state index contributed by atoms with van der Waals surface area (Å²) in [5.74, 6) is 0.807. The van der Waals surface area contributed by atoms with Crippen LogP contribution in [0.4, 0.5) is 5.95 Å². The van der Waals surface area contributed by atoms with Gasteiger partial charge in [-0.15, -0.1) is 0 Å². The predicted octanol–water partition coefficient (Wildman–Crippen LogP) is 2.40. The summed E-state index contributed by atoms with van der Waals surface area (Å²) in [7, 11) is 0. The Morgan fingerprint density at radius 3 is 2.96 bits per heavy atom. The third-order valence-corrected chi connectivity index (χ3v) is 5.07. The summed E-state index contributed by atoms with van der Waals surface area (Å²) < 4.78 is 2.10. The molecule has 4 heterocycles. The zero-order chi connectivity index (χ0) is 18.6. The number of anilines is 1. The number of fused-ring (bicyclic) bond motifs is 1. The molecule has 0 bridgehead atoms. The molecule has 1 aliphatic heterocycles. The molecule has 3 aromatic rings. The summed E-state index contributed by atoms with van der Waals surface area (Å²) in [5, 5.41) is 13.0. The molecular weight excluding hydrogens is 340 g/mol. The van der Waals surface area contributed by atoms with Crippen LogP contribution in [-0.2, 0) is 6.54 Å². The van der Waals surface area contributed by atoms with Crippen LogP contribution in [0, 0.1) is 6.92 Å². The number of piperidine rings is 1. The number of hydrogen-bond acceptors (Lipinski definition) is 6. The second-order valence-corrected chi connectivity index (χ2v) is 7.05. The number of aliphatic hydroxyl groups is 1. The van der Waals surface area contributed by atoms with Crippen LogP contribution >= 0.6 is 0 Å². The first kappa shape index (κ1) is 17.9. The molecule has 3 aromatic heterocycles. The molecule has 0 saturated carbocycles. The van der Waals surface area contributed by atoms with Crippen molar-refractivity contribution >= 4 is 17.1 Å². The van der Waals surface area contributed by atoms with Gasteiger partial charge in [-0.3, -0.25) is 14.5 Å². The van der Waals surface area contributed by atoms with Gasteiger partial charge in [-0.05, 0) is 50.5 Å². The molecule has 27 heavy (non-hydrogen) atoms. The number of nitrogens with zero attached hydrogens (tertiary/aromatic N) is 5. The fraction of sp³-hybridized carbons (Fsp3) is 0.450. The van der Waals surface area contributed by atoms with Crippen LogP contribution in [0.1, 0.15) is 30.7 Å². The van der Waals surface area contributed by atoms with Crippen molar-refractivity contribution < 1.29 is 5.11 Å². The van der Waals surface area contributed by atoms with Crippen LogP contribution < -0.4 is 5.32 Å². The number of nitrogens with one attached hydrogen (secondary N) is 1. The van der Waals surface area contributed by atoms with Crippen LogP contribution in [0.5, 0.6) is 0 Å². The monoisotopic (exact) mass is 366 g/mol. The molecule has 1 atom stereocenters. The van der Waals surface area contributed by atoms with Gasteiger partial charge in [0.2, 0.25) is 5.95 Å². The van der Waals surface area contributed by atoms with Crippen molar-refractivity contribution in [2.75, 3.05) is 25.0 Å². The van der Waals surface area contributed by atoms with Crippen molar-refractivity contribution in [3.63, 3.8) is 0 Å². The average Bonchev–Trinajstić information content (AvgIpc) is 3.01. The first-order chi connectivity index (χ1) is 13.2. The first-order valence-electron chi connectivity index (χ1n) is 9.60. The second-order valence-electron chi connectivity index (χ2n) is 7.05. The highest BCUT2D eigenvalue weighted by atomic mass is 16.3. The topological polar surface area (TPSA) is 79.1 Å². The Balaban J connectivity index is 1.67. The van der Waals surface area contributed by atoms with E-state index in [-0.39, 0.29) is 12.8 Å². The standard InChI is InChI=1S/C20H26N6O/c1-15-6-4-7-16(22-15)14-26-19-17(8-5-10-21-19)23-20(26)24-18-9-2-3-11-25(18)12-13-27/h4-8,10,18,27H,2-3,9,11-14H2,1H3,(H,23,24). The van der Waals surface area contributed by atoms with E-state index in [0.717, 1.165) is 41.5 Å². The summed E-state index contributed by atoms with van der Waals surface area (Å²) in [4.78, 5) is 16.3. The maximum atomic E-state index is 9.38. The zero-order valence-electron chi connectivity index (χ0n) is 15.7.